The number of rotatable bonds is 3. The van der Waals surface area contributed by atoms with Crippen LogP contribution >= 0.6 is 11.6 Å². The molecule has 28 heavy (non-hydrogen) atoms. The average molecular weight is 401 g/mol. The third kappa shape index (κ3) is 3.76. The lowest BCUT2D eigenvalue weighted by Crippen LogP contribution is -2.43. The molecule has 2 aromatic carbocycles. The second-order valence-electron chi connectivity index (χ2n) is 7.57. The van der Waals surface area contributed by atoms with Crippen LogP contribution in [0.3, 0.4) is 0 Å². The number of hydrogen-bond acceptors (Lipinski definition) is 2. The molecule has 2 saturated heterocycles. The Morgan fingerprint density at radius 1 is 1.14 bits per heavy atom. The van der Waals surface area contributed by atoms with Crippen LogP contribution in [0.15, 0.2) is 48.5 Å². The fraction of sp³-hybridized carbons (Fsp3) is 0.364. The van der Waals surface area contributed by atoms with Gasteiger partial charge in [0, 0.05) is 31.6 Å². The number of halogens is 2. The van der Waals surface area contributed by atoms with Gasteiger partial charge in [-0.2, -0.15) is 0 Å². The number of nitrogens with zero attached hydrogens (tertiary/aromatic N) is 2. The molecule has 2 amide bonds. The number of carbonyl (C=O) groups is 2. The lowest BCUT2D eigenvalue weighted by Gasteiger charge is -2.30. The highest BCUT2D eigenvalue weighted by Gasteiger charge is 2.41. The van der Waals surface area contributed by atoms with Gasteiger partial charge >= 0.3 is 0 Å². The van der Waals surface area contributed by atoms with Crippen molar-refractivity contribution in [2.75, 3.05) is 13.1 Å². The third-order valence-electron chi connectivity index (χ3n) is 5.74. The Kier molecular flexibility index (Phi) is 5.36. The molecule has 0 bridgehead atoms. The lowest BCUT2D eigenvalue weighted by molar-refractivity contribution is -0.133. The molecule has 0 N–H and O–H groups in total. The van der Waals surface area contributed by atoms with Crippen LogP contribution in [0.1, 0.15) is 35.2 Å². The highest BCUT2D eigenvalue weighted by molar-refractivity contribution is 6.31. The smallest absolute Gasteiger partial charge is 0.253 e. The molecule has 2 atom stereocenters. The largest absolute Gasteiger partial charge is 0.336 e. The first-order valence-electron chi connectivity index (χ1n) is 9.60. The average Bonchev–Trinajstić information content (AvgIpc) is 3.06. The zero-order valence-corrected chi connectivity index (χ0v) is 16.2. The van der Waals surface area contributed by atoms with Crippen molar-refractivity contribution in [3.8, 4) is 0 Å². The van der Waals surface area contributed by atoms with E-state index in [9.17, 15) is 14.0 Å². The maximum atomic E-state index is 13.4. The van der Waals surface area contributed by atoms with Crippen LogP contribution < -0.4 is 0 Å². The second kappa shape index (κ2) is 7.92. The van der Waals surface area contributed by atoms with Crippen molar-refractivity contribution in [2.45, 2.75) is 31.8 Å². The number of hydrogen-bond donors (Lipinski definition) is 0. The predicted molar refractivity (Wildman–Crippen MR) is 105 cm³/mol. The number of fused-ring (bicyclic) bond motifs is 1. The van der Waals surface area contributed by atoms with Crippen LogP contribution in [0.5, 0.6) is 0 Å². The maximum Gasteiger partial charge on any atom is 0.253 e. The monoisotopic (exact) mass is 400 g/mol. The number of amides is 2. The van der Waals surface area contributed by atoms with Gasteiger partial charge in [0.05, 0.1) is 11.1 Å². The normalized spacial score (nSPS) is 22.1. The van der Waals surface area contributed by atoms with Crippen molar-refractivity contribution in [3.63, 3.8) is 0 Å². The van der Waals surface area contributed by atoms with Gasteiger partial charge in [-0.3, -0.25) is 9.59 Å². The van der Waals surface area contributed by atoms with Gasteiger partial charge in [-0.25, -0.2) is 4.39 Å². The molecule has 146 valence electrons. The fourth-order valence-electron chi connectivity index (χ4n) is 4.30. The Bertz CT molecular complexity index is 889. The molecule has 0 saturated carbocycles. The molecule has 2 heterocycles. The SMILES string of the molecule is O=C(c1ccc(F)c(Cl)c1)N1CC2CCCC(=O)N(Cc3ccccc3)C2C1. The molecular formula is C22H22ClFN2O2. The zero-order valence-electron chi connectivity index (χ0n) is 15.5. The van der Waals surface area contributed by atoms with E-state index in [4.69, 9.17) is 11.6 Å². The van der Waals surface area contributed by atoms with Crippen LogP contribution in [-0.4, -0.2) is 40.7 Å². The molecule has 4 nitrogen and oxygen atoms in total. The maximum absolute atomic E-state index is 13.4. The molecule has 0 spiro atoms. The molecule has 2 aliphatic heterocycles. The van der Waals surface area contributed by atoms with E-state index in [1.807, 2.05) is 35.2 Å². The summed E-state index contributed by atoms with van der Waals surface area (Å²) in [5, 5.41) is -0.0554. The molecule has 2 aromatic rings. The molecule has 6 heteroatoms. The molecule has 2 fully saturated rings. The van der Waals surface area contributed by atoms with Crippen molar-refractivity contribution in [1.29, 1.82) is 0 Å². The Morgan fingerprint density at radius 3 is 2.68 bits per heavy atom. The summed E-state index contributed by atoms with van der Waals surface area (Å²) in [5.41, 5.74) is 1.47. The second-order valence-corrected chi connectivity index (χ2v) is 7.97. The summed E-state index contributed by atoms with van der Waals surface area (Å²) < 4.78 is 13.4. The van der Waals surface area contributed by atoms with Gasteiger partial charge in [0.2, 0.25) is 5.91 Å². The van der Waals surface area contributed by atoms with Crippen LogP contribution in [0.25, 0.3) is 0 Å². The Hall–Kier alpha value is -2.40. The zero-order chi connectivity index (χ0) is 19.7. The molecule has 4 rings (SSSR count). The van der Waals surface area contributed by atoms with Crippen LogP contribution in [0, 0.1) is 11.7 Å². The first kappa shape index (κ1) is 18.9. The first-order chi connectivity index (χ1) is 13.5. The third-order valence-corrected chi connectivity index (χ3v) is 6.03. The van der Waals surface area contributed by atoms with Crippen molar-refractivity contribution < 1.29 is 14.0 Å². The summed E-state index contributed by atoms with van der Waals surface area (Å²) in [7, 11) is 0. The number of carbonyl (C=O) groups excluding carboxylic acids is 2. The number of benzene rings is 2. The van der Waals surface area contributed by atoms with Gasteiger partial charge in [0.1, 0.15) is 5.82 Å². The minimum Gasteiger partial charge on any atom is -0.336 e. The molecule has 2 unspecified atom stereocenters. The minimum absolute atomic E-state index is 0.00933. The van der Waals surface area contributed by atoms with Gasteiger partial charge in [0.15, 0.2) is 0 Å². The topological polar surface area (TPSA) is 40.6 Å². The van der Waals surface area contributed by atoms with E-state index in [0.717, 1.165) is 18.4 Å². The molecule has 2 aliphatic rings. The summed E-state index contributed by atoms with van der Waals surface area (Å²) in [5.74, 6) is -0.294. The van der Waals surface area contributed by atoms with E-state index in [1.54, 1.807) is 4.90 Å². The molecule has 0 aromatic heterocycles. The van der Waals surface area contributed by atoms with E-state index in [-0.39, 0.29) is 28.8 Å². The van der Waals surface area contributed by atoms with E-state index in [2.05, 4.69) is 0 Å². The minimum atomic E-state index is -0.538. The van der Waals surface area contributed by atoms with Crippen molar-refractivity contribution in [2.24, 2.45) is 5.92 Å². The quantitative estimate of drug-likeness (QED) is 0.777. The standard InChI is InChI=1S/C22H22ClFN2O2/c23-18-11-16(9-10-19(18)24)22(28)25-13-17-7-4-8-21(27)26(20(17)14-25)12-15-5-2-1-3-6-15/h1-3,5-6,9-11,17,20H,4,7-8,12-14H2. The van der Waals surface area contributed by atoms with Crippen molar-refractivity contribution >= 4 is 23.4 Å². The summed E-state index contributed by atoms with van der Waals surface area (Å²) in [4.78, 5) is 29.4. The Morgan fingerprint density at radius 2 is 1.93 bits per heavy atom. The summed E-state index contributed by atoms with van der Waals surface area (Å²) in [6.45, 7) is 1.67. The predicted octanol–water partition coefficient (Wildman–Crippen LogP) is 4.13. The summed E-state index contributed by atoms with van der Waals surface area (Å²) in [6, 6.07) is 14.0. The summed E-state index contributed by atoms with van der Waals surface area (Å²) in [6.07, 6.45) is 2.33. The van der Waals surface area contributed by atoms with Crippen molar-refractivity contribution in [1.82, 2.24) is 9.80 Å². The molecular weight excluding hydrogens is 379 g/mol. The van der Waals surface area contributed by atoms with E-state index >= 15 is 0 Å². The first-order valence-corrected chi connectivity index (χ1v) is 9.98. The highest BCUT2D eigenvalue weighted by atomic mass is 35.5. The van der Waals surface area contributed by atoms with Crippen molar-refractivity contribution in [3.05, 3.63) is 70.5 Å². The van der Waals surface area contributed by atoms with Gasteiger partial charge in [-0.1, -0.05) is 41.9 Å². The molecule has 0 radical (unpaired) electrons. The van der Waals surface area contributed by atoms with E-state index in [0.29, 0.717) is 31.6 Å². The van der Waals surface area contributed by atoms with E-state index in [1.165, 1.54) is 18.2 Å². The van der Waals surface area contributed by atoms with Gasteiger partial charge < -0.3 is 9.80 Å². The van der Waals surface area contributed by atoms with E-state index < -0.39 is 5.82 Å². The van der Waals surface area contributed by atoms with Crippen LogP contribution in [-0.2, 0) is 11.3 Å². The fourth-order valence-corrected chi connectivity index (χ4v) is 4.48. The van der Waals surface area contributed by atoms with Gasteiger partial charge in [-0.15, -0.1) is 0 Å². The summed E-state index contributed by atoms with van der Waals surface area (Å²) >= 11 is 5.84. The van der Waals surface area contributed by atoms with Crippen LogP contribution in [0.4, 0.5) is 4.39 Å². The highest BCUT2D eigenvalue weighted by Crippen LogP contribution is 2.32. The molecule has 0 aliphatic carbocycles. The Balaban J connectivity index is 1.55. The van der Waals surface area contributed by atoms with Gasteiger partial charge in [0.25, 0.3) is 5.91 Å². The van der Waals surface area contributed by atoms with Gasteiger partial charge in [-0.05, 0) is 42.5 Å². The van der Waals surface area contributed by atoms with Crippen LogP contribution in [0.2, 0.25) is 5.02 Å². The lowest BCUT2D eigenvalue weighted by atomic mass is 9.98. The number of likely N-dealkylation sites (tertiary alicyclic amines) is 2. The Labute approximate surface area is 168 Å².